The molecule has 0 aromatic heterocycles. The Bertz CT molecular complexity index is 715. The van der Waals surface area contributed by atoms with Crippen molar-refractivity contribution in [2.24, 2.45) is 5.92 Å². The molecule has 1 aromatic rings. The summed E-state index contributed by atoms with van der Waals surface area (Å²) in [5.74, 6) is -1.11. The highest BCUT2D eigenvalue weighted by atomic mass is 16.2. The number of benzene rings is 1. The summed E-state index contributed by atoms with van der Waals surface area (Å²) in [6.07, 6.45) is 0.789. The number of carbonyl (C=O) groups is 4. The highest BCUT2D eigenvalue weighted by molar-refractivity contribution is 6.22. The molecule has 2 aliphatic heterocycles. The quantitative estimate of drug-likeness (QED) is 0.584. The van der Waals surface area contributed by atoms with E-state index >= 15 is 0 Å². The zero-order chi connectivity index (χ0) is 16.6. The molecular formula is C15H16N4O4. The van der Waals surface area contributed by atoms with Gasteiger partial charge >= 0.3 is 6.03 Å². The molecule has 1 saturated heterocycles. The minimum absolute atomic E-state index is 0.0397. The van der Waals surface area contributed by atoms with Gasteiger partial charge in [-0.05, 0) is 30.5 Å². The van der Waals surface area contributed by atoms with Gasteiger partial charge in [0.15, 0.2) is 0 Å². The van der Waals surface area contributed by atoms with Crippen molar-refractivity contribution in [3.63, 3.8) is 0 Å². The number of hydrogen-bond donors (Lipinski definition) is 4. The fourth-order valence-electron chi connectivity index (χ4n) is 2.72. The summed E-state index contributed by atoms with van der Waals surface area (Å²) in [6.45, 7) is 2.50. The Morgan fingerprint density at radius 2 is 1.91 bits per heavy atom. The lowest BCUT2D eigenvalue weighted by Crippen LogP contribution is -2.55. The molecule has 120 valence electrons. The van der Waals surface area contributed by atoms with Gasteiger partial charge in [0.25, 0.3) is 11.8 Å². The smallest absolute Gasteiger partial charge is 0.319 e. The van der Waals surface area contributed by atoms with E-state index in [-0.39, 0.29) is 23.0 Å². The summed E-state index contributed by atoms with van der Waals surface area (Å²) in [4.78, 5) is 46.9. The first kappa shape index (κ1) is 15.0. The maximum atomic E-state index is 12.0. The van der Waals surface area contributed by atoms with E-state index in [0.717, 1.165) is 6.42 Å². The summed E-state index contributed by atoms with van der Waals surface area (Å²) >= 11 is 0. The molecule has 2 aliphatic rings. The van der Waals surface area contributed by atoms with E-state index in [4.69, 9.17) is 0 Å². The first-order chi connectivity index (χ1) is 11.0. The van der Waals surface area contributed by atoms with E-state index in [9.17, 15) is 19.2 Å². The Balaban J connectivity index is 1.69. The molecule has 8 nitrogen and oxygen atoms in total. The number of nitrogens with one attached hydrogen (secondary N) is 4. The van der Waals surface area contributed by atoms with Crippen molar-refractivity contribution in [3.05, 3.63) is 29.3 Å². The van der Waals surface area contributed by atoms with Crippen LogP contribution < -0.4 is 21.3 Å². The van der Waals surface area contributed by atoms with Crippen molar-refractivity contribution < 1.29 is 19.2 Å². The molecule has 2 heterocycles. The zero-order valence-corrected chi connectivity index (χ0v) is 12.4. The van der Waals surface area contributed by atoms with E-state index in [0.29, 0.717) is 12.2 Å². The van der Waals surface area contributed by atoms with Crippen LogP contribution in [0.5, 0.6) is 0 Å². The van der Waals surface area contributed by atoms with Crippen LogP contribution in [-0.2, 0) is 4.79 Å². The maximum Gasteiger partial charge on any atom is 0.319 e. The van der Waals surface area contributed by atoms with Crippen LogP contribution in [0.2, 0.25) is 0 Å². The second-order valence-corrected chi connectivity index (χ2v) is 5.68. The summed E-state index contributed by atoms with van der Waals surface area (Å²) in [7, 11) is 0. The van der Waals surface area contributed by atoms with Crippen molar-refractivity contribution in [3.8, 4) is 0 Å². The summed E-state index contributed by atoms with van der Waals surface area (Å²) < 4.78 is 0. The molecule has 1 fully saturated rings. The van der Waals surface area contributed by atoms with Crippen LogP contribution in [0.25, 0.3) is 0 Å². The number of amides is 5. The number of hydrogen-bond acceptors (Lipinski definition) is 4. The minimum atomic E-state index is -0.594. The van der Waals surface area contributed by atoms with Gasteiger partial charge in [0, 0.05) is 12.2 Å². The number of anilines is 1. The Kier molecular flexibility index (Phi) is 3.73. The number of fused-ring (bicyclic) bond motifs is 1. The molecule has 8 heteroatoms. The molecule has 0 bridgehead atoms. The Morgan fingerprint density at radius 3 is 2.65 bits per heavy atom. The molecule has 23 heavy (non-hydrogen) atoms. The van der Waals surface area contributed by atoms with Crippen LogP contribution in [0, 0.1) is 5.92 Å². The summed E-state index contributed by atoms with van der Waals surface area (Å²) in [6, 6.07) is 3.30. The normalized spacial score (nSPS) is 22.9. The lowest BCUT2D eigenvalue weighted by Gasteiger charge is -2.28. The monoisotopic (exact) mass is 316 g/mol. The highest BCUT2D eigenvalue weighted by Crippen LogP contribution is 2.20. The van der Waals surface area contributed by atoms with Gasteiger partial charge in [0.2, 0.25) is 5.91 Å². The van der Waals surface area contributed by atoms with Crippen LogP contribution >= 0.6 is 0 Å². The third-order valence-electron chi connectivity index (χ3n) is 4.03. The molecular weight excluding hydrogens is 300 g/mol. The lowest BCUT2D eigenvalue weighted by molar-refractivity contribution is -0.125. The Labute approximate surface area is 132 Å². The average Bonchev–Trinajstić information content (AvgIpc) is 2.78. The van der Waals surface area contributed by atoms with E-state index in [1.54, 1.807) is 0 Å². The standard InChI is InChI=1S/C15H16N4O4/c1-7-4-5-16-14(22)11(7)18-15(23)17-8-2-3-9-10(6-8)13(21)19-12(9)20/h2-3,6-7,11H,4-5H2,1H3,(H,16,22)(H2,17,18,23)(H,19,20,21). The molecule has 1 aromatic carbocycles. The van der Waals surface area contributed by atoms with Gasteiger partial charge in [-0.2, -0.15) is 0 Å². The number of piperidine rings is 1. The second-order valence-electron chi connectivity index (χ2n) is 5.68. The Morgan fingerprint density at radius 1 is 1.17 bits per heavy atom. The topological polar surface area (TPSA) is 116 Å². The van der Waals surface area contributed by atoms with Gasteiger partial charge in [-0.1, -0.05) is 6.92 Å². The van der Waals surface area contributed by atoms with E-state index < -0.39 is 23.9 Å². The second kappa shape index (κ2) is 5.71. The van der Waals surface area contributed by atoms with Crippen molar-refractivity contribution in [1.82, 2.24) is 16.0 Å². The number of rotatable bonds is 2. The van der Waals surface area contributed by atoms with E-state index in [1.807, 2.05) is 6.92 Å². The van der Waals surface area contributed by atoms with E-state index in [2.05, 4.69) is 21.3 Å². The molecule has 2 unspecified atom stereocenters. The molecule has 0 radical (unpaired) electrons. The summed E-state index contributed by atoms with van der Waals surface area (Å²) in [5, 5.41) is 10.1. The highest BCUT2D eigenvalue weighted by Gasteiger charge is 2.30. The number of carbonyl (C=O) groups excluding carboxylic acids is 4. The van der Waals surface area contributed by atoms with Gasteiger partial charge in [-0.15, -0.1) is 0 Å². The van der Waals surface area contributed by atoms with Gasteiger partial charge in [0.05, 0.1) is 11.1 Å². The van der Waals surface area contributed by atoms with Crippen LogP contribution in [0.4, 0.5) is 10.5 Å². The van der Waals surface area contributed by atoms with Gasteiger partial charge in [-0.25, -0.2) is 4.79 Å². The van der Waals surface area contributed by atoms with Crippen molar-refractivity contribution in [1.29, 1.82) is 0 Å². The van der Waals surface area contributed by atoms with Crippen molar-refractivity contribution in [2.45, 2.75) is 19.4 Å². The Hall–Kier alpha value is -2.90. The largest absolute Gasteiger partial charge is 0.354 e. The molecule has 0 saturated carbocycles. The third-order valence-corrected chi connectivity index (χ3v) is 4.03. The van der Waals surface area contributed by atoms with E-state index in [1.165, 1.54) is 18.2 Å². The predicted octanol–water partition coefficient (Wildman–Crippen LogP) is 0.216. The molecule has 2 atom stereocenters. The SMILES string of the molecule is CC1CCNC(=O)C1NC(=O)Nc1ccc2c(c1)C(=O)NC2=O. The van der Waals surface area contributed by atoms with Gasteiger partial charge < -0.3 is 16.0 Å². The van der Waals surface area contributed by atoms with Gasteiger partial charge in [0.1, 0.15) is 6.04 Å². The average molecular weight is 316 g/mol. The van der Waals surface area contributed by atoms with Crippen molar-refractivity contribution in [2.75, 3.05) is 11.9 Å². The fourth-order valence-corrected chi connectivity index (χ4v) is 2.72. The molecule has 4 N–H and O–H groups in total. The van der Waals surface area contributed by atoms with Crippen LogP contribution in [-0.4, -0.2) is 36.3 Å². The minimum Gasteiger partial charge on any atom is -0.354 e. The summed E-state index contributed by atoms with van der Waals surface area (Å²) in [5.41, 5.74) is 0.868. The number of urea groups is 1. The molecule has 0 spiro atoms. The molecule has 0 aliphatic carbocycles. The first-order valence-corrected chi connectivity index (χ1v) is 7.30. The van der Waals surface area contributed by atoms with Crippen molar-refractivity contribution >= 4 is 29.4 Å². The van der Waals surface area contributed by atoms with Gasteiger partial charge in [-0.3, -0.25) is 19.7 Å². The molecule has 5 amide bonds. The maximum absolute atomic E-state index is 12.0. The first-order valence-electron chi connectivity index (χ1n) is 7.30. The van der Waals surface area contributed by atoms with Crippen LogP contribution in [0.3, 0.4) is 0 Å². The van der Waals surface area contributed by atoms with Crippen LogP contribution in [0.1, 0.15) is 34.1 Å². The fraction of sp³-hybridized carbons (Fsp3) is 0.333. The zero-order valence-electron chi connectivity index (χ0n) is 12.4. The molecule has 3 rings (SSSR count). The predicted molar refractivity (Wildman–Crippen MR) is 81.0 cm³/mol. The van der Waals surface area contributed by atoms with Crippen LogP contribution in [0.15, 0.2) is 18.2 Å². The lowest BCUT2D eigenvalue weighted by atomic mass is 9.94. The third kappa shape index (κ3) is 2.87. The number of imide groups is 1.